The summed E-state index contributed by atoms with van der Waals surface area (Å²) >= 11 is 0. The van der Waals surface area contributed by atoms with E-state index in [9.17, 15) is 0 Å². The Labute approximate surface area is 415 Å². The fourth-order valence-corrected chi connectivity index (χ4v) is 13.0. The molecule has 13 aromatic carbocycles. The zero-order valence-corrected chi connectivity index (χ0v) is 38.9. The van der Waals surface area contributed by atoms with Gasteiger partial charge in [-0.25, -0.2) is 0 Å². The normalized spacial score (nSPS) is 13.2. The van der Waals surface area contributed by atoms with E-state index >= 15 is 0 Å². The first-order valence-corrected chi connectivity index (χ1v) is 24.8. The van der Waals surface area contributed by atoms with Crippen LogP contribution in [0.1, 0.15) is 22.3 Å². The van der Waals surface area contributed by atoms with E-state index in [2.05, 4.69) is 241 Å². The standard InChI is InChI=1S/C69H41NO2/c1-2-18-43(19-3-1)70(44-37-39-64-59(41-44)53-25-13-15-35-63(53)71-64)62-34-17-31-46-45(30-16-32-52(46)62)42-36-38-61-58(40-42)51-24-12-14-33-60(51)69(61)65-54-26-8-4-20-47(54)49-22-6-10-28-56(49)67(65)72-68-57-29-11-7-23-50(57)48-21-5-9-27-55(48)66(68)69/h1-41H. The van der Waals surface area contributed by atoms with Gasteiger partial charge in [-0.05, 0) is 120 Å². The molecule has 1 aromatic heterocycles. The Morgan fingerprint density at radius 3 is 1.51 bits per heavy atom. The first-order chi connectivity index (χ1) is 35.7. The molecule has 0 N–H and O–H groups in total. The molecule has 0 saturated heterocycles. The Hall–Kier alpha value is -9.44. The Morgan fingerprint density at radius 2 is 0.806 bits per heavy atom. The number of fused-ring (bicyclic) bond motifs is 23. The predicted octanol–water partition coefficient (Wildman–Crippen LogP) is 19.0. The topological polar surface area (TPSA) is 25.6 Å². The minimum atomic E-state index is -0.732. The molecule has 0 unspecified atom stereocenters. The third kappa shape index (κ3) is 5.24. The van der Waals surface area contributed by atoms with E-state index < -0.39 is 5.41 Å². The third-order valence-corrected chi connectivity index (χ3v) is 15.9. The second-order valence-electron chi connectivity index (χ2n) is 19.4. The van der Waals surface area contributed by atoms with Crippen molar-refractivity contribution >= 4 is 92.9 Å². The Kier molecular flexibility index (Phi) is 8.09. The molecule has 0 amide bonds. The van der Waals surface area contributed by atoms with Gasteiger partial charge in [0.05, 0.1) is 11.1 Å². The molecule has 2 heterocycles. The summed E-state index contributed by atoms with van der Waals surface area (Å²) in [7, 11) is 0. The van der Waals surface area contributed by atoms with Gasteiger partial charge in [0, 0.05) is 49.4 Å². The lowest BCUT2D eigenvalue weighted by atomic mass is 9.63. The van der Waals surface area contributed by atoms with Crippen molar-refractivity contribution in [3.63, 3.8) is 0 Å². The first-order valence-electron chi connectivity index (χ1n) is 24.8. The molecule has 16 rings (SSSR count). The second kappa shape index (κ2) is 14.8. The van der Waals surface area contributed by atoms with Crippen LogP contribution in [-0.2, 0) is 5.41 Å². The van der Waals surface area contributed by atoms with Gasteiger partial charge in [-0.3, -0.25) is 0 Å². The average Bonchev–Trinajstić information content (AvgIpc) is 3.96. The predicted molar refractivity (Wildman–Crippen MR) is 299 cm³/mol. The van der Waals surface area contributed by atoms with Gasteiger partial charge in [-0.1, -0.05) is 200 Å². The van der Waals surface area contributed by atoms with Crippen molar-refractivity contribution in [1.82, 2.24) is 0 Å². The molecule has 1 aliphatic carbocycles. The number of ether oxygens (including phenoxy) is 1. The maximum absolute atomic E-state index is 7.60. The minimum Gasteiger partial charge on any atom is -0.456 e. The highest BCUT2D eigenvalue weighted by atomic mass is 16.5. The van der Waals surface area contributed by atoms with Crippen LogP contribution in [0.4, 0.5) is 17.1 Å². The minimum absolute atomic E-state index is 0.732. The number of hydrogen-bond donors (Lipinski definition) is 0. The SMILES string of the molecule is c1ccc(N(c2ccc3oc4ccccc4c3c2)c2cccc3c(-c4ccc5c(c4)-c4ccccc4C54c5c(c6ccccc6c6ccccc56)Oc5c4c4ccccc4c4ccccc54)cccc23)cc1. The molecule has 2 aliphatic rings. The largest absolute Gasteiger partial charge is 0.456 e. The van der Waals surface area contributed by atoms with Crippen molar-refractivity contribution in [2.45, 2.75) is 5.41 Å². The monoisotopic (exact) mass is 915 g/mol. The quantitative estimate of drug-likeness (QED) is 0.165. The van der Waals surface area contributed by atoms with Gasteiger partial charge in [0.2, 0.25) is 0 Å². The van der Waals surface area contributed by atoms with Gasteiger partial charge in [-0.15, -0.1) is 0 Å². The average molecular weight is 916 g/mol. The zero-order chi connectivity index (χ0) is 47.1. The third-order valence-electron chi connectivity index (χ3n) is 15.9. The van der Waals surface area contributed by atoms with Gasteiger partial charge < -0.3 is 14.1 Å². The lowest BCUT2D eigenvalue weighted by molar-refractivity contribution is 0.451. The second-order valence-corrected chi connectivity index (χ2v) is 19.4. The summed E-state index contributed by atoms with van der Waals surface area (Å²) in [4.78, 5) is 2.39. The van der Waals surface area contributed by atoms with Crippen molar-refractivity contribution < 1.29 is 9.15 Å². The molecule has 14 aromatic rings. The van der Waals surface area contributed by atoms with Crippen LogP contribution in [0.5, 0.6) is 11.5 Å². The van der Waals surface area contributed by atoms with Gasteiger partial charge in [0.15, 0.2) is 0 Å². The fraction of sp³-hybridized carbons (Fsp3) is 0.0145. The number of anilines is 3. The van der Waals surface area contributed by atoms with Crippen LogP contribution in [0, 0.1) is 0 Å². The summed E-state index contributed by atoms with van der Waals surface area (Å²) in [5.41, 5.74) is 14.0. The number of para-hydroxylation sites is 2. The lowest BCUT2D eigenvalue weighted by Gasteiger charge is -2.42. The molecule has 334 valence electrons. The number of furan rings is 1. The summed E-state index contributed by atoms with van der Waals surface area (Å²) in [5, 5.41) is 14.0. The fourth-order valence-electron chi connectivity index (χ4n) is 13.0. The molecule has 3 nitrogen and oxygen atoms in total. The van der Waals surface area contributed by atoms with E-state index in [1.165, 1.54) is 82.2 Å². The maximum Gasteiger partial charge on any atom is 0.140 e. The van der Waals surface area contributed by atoms with Gasteiger partial charge >= 0.3 is 0 Å². The van der Waals surface area contributed by atoms with Crippen LogP contribution in [-0.4, -0.2) is 0 Å². The Balaban J connectivity index is 0.966. The summed E-state index contributed by atoms with van der Waals surface area (Å²) in [6.45, 7) is 0. The van der Waals surface area contributed by atoms with Crippen molar-refractivity contribution in [2.24, 2.45) is 0 Å². The maximum atomic E-state index is 7.60. The van der Waals surface area contributed by atoms with Crippen LogP contribution in [0.2, 0.25) is 0 Å². The van der Waals surface area contributed by atoms with Crippen molar-refractivity contribution in [2.75, 3.05) is 4.90 Å². The highest BCUT2D eigenvalue weighted by Gasteiger charge is 2.54. The Bertz CT molecular complexity index is 4500. The number of rotatable bonds is 4. The summed E-state index contributed by atoms with van der Waals surface area (Å²) in [6.07, 6.45) is 0. The number of nitrogens with zero attached hydrogens (tertiary/aromatic N) is 1. The summed E-state index contributed by atoms with van der Waals surface area (Å²) in [6, 6.07) is 91.1. The molecule has 1 aliphatic heterocycles. The molecule has 0 radical (unpaired) electrons. The van der Waals surface area contributed by atoms with Crippen LogP contribution in [0.15, 0.2) is 253 Å². The molecular weight excluding hydrogens is 875 g/mol. The van der Waals surface area contributed by atoms with Gasteiger partial charge in [-0.2, -0.15) is 0 Å². The van der Waals surface area contributed by atoms with Crippen LogP contribution >= 0.6 is 0 Å². The summed E-state index contributed by atoms with van der Waals surface area (Å²) in [5.74, 6) is 1.85. The molecule has 1 spiro atoms. The van der Waals surface area contributed by atoms with Gasteiger partial charge in [0.1, 0.15) is 22.7 Å². The zero-order valence-electron chi connectivity index (χ0n) is 38.9. The van der Waals surface area contributed by atoms with Crippen molar-refractivity contribution in [1.29, 1.82) is 0 Å². The van der Waals surface area contributed by atoms with Crippen LogP contribution < -0.4 is 9.64 Å². The van der Waals surface area contributed by atoms with E-state index in [0.717, 1.165) is 66.7 Å². The van der Waals surface area contributed by atoms with Crippen molar-refractivity contribution in [3.05, 3.63) is 271 Å². The van der Waals surface area contributed by atoms with E-state index in [1.54, 1.807) is 0 Å². The molecule has 0 fully saturated rings. The van der Waals surface area contributed by atoms with E-state index in [4.69, 9.17) is 9.15 Å². The summed E-state index contributed by atoms with van der Waals surface area (Å²) < 4.78 is 13.9. The highest BCUT2D eigenvalue weighted by Crippen LogP contribution is 2.67. The smallest absolute Gasteiger partial charge is 0.140 e. The van der Waals surface area contributed by atoms with Gasteiger partial charge in [0.25, 0.3) is 0 Å². The molecular formula is C69H41NO2. The molecule has 0 atom stereocenters. The van der Waals surface area contributed by atoms with Crippen LogP contribution in [0.25, 0.3) is 98.1 Å². The van der Waals surface area contributed by atoms with E-state index in [0.29, 0.717) is 0 Å². The van der Waals surface area contributed by atoms with Crippen LogP contribution in [0.3, 0.4) is 0 Å². The Morgan fingerprint density at radius 1 is 0.292 bits per heavy atom. The molecule has 0 saturated carbocycles. The molecule has 72 heavy (non-hydrogen) atoms. The number of benzene rings is 13. The van der Waals surface area contributed by atoms with Crippen molar-refractivity contribution in [3.8, 4) is 33.8 Å². The lowest BCUT2D eigenvalue weighted by Crippen LogP contribution is -2.33. The molecule has 3 heteroatoms. The van der Waals surface area contributed by atoms with E-state index in [-0.39, 0.29) is 0 Å². The first kappa shape index (κ1) is 39.4. The highest BCUT2D eigenvalue weighted by molar-refractivity contribution is 6.19. The van der Waals surface area contributed by atoms with E-state index in [1.807, 2.05) is 12.1 Å². The molecule has 0 bridgehead atoms. The number of hydrogen-bond acceptors (Lipinski definition) is 3.